The number of amides is 2. The molecule has 46 heavy (non-hydrogen) atoms. The number of pyridine rings is 1. The molecule has 2 unspecified atom stereocenters. The van der Waals surface area contributed by atoms with E-state index in [4.69, 9.17) is 14.2 Å². The summed E-state index contributed by atoms with van der Waals surface area (Å²) in [6.07, 6.45) is 0.986. The predicted octanol–water partition coefficient (Wildman–Crippen LogP) is 4.74. The average Bonchev–Trinajstić information content (AvgIpc) is 3.07. The van der Waals surface area contributed by atoms with Gasteiger partial charge in [0.15, 0.2) is 11.5 Å². The Morgan fingerprint density at radius 1 is 0.826 bits per heavy atom. The molecule has 1 saturated heterocycles. The van der Waals surface area contributed by atoms with Crippen LogP contribution in [0, 0.1) is 17.8 Å². The number of carbonyl (C=O) groups is 2. The molecule has 4 aromatic rings. The van der Waals surface area contributed by atoms with Gasteiger partial charge in [-0.3, -0.25) is 14.4 Å². The van der Waals surface area contributed by atoms with Gasteiger partial charge in [0.05, 0.1) is 32.7 Å². The van der Waals surface area contributed by atoms with Gasteiger partial charge in [-0.25, -0.2) is 0 Å². The number of methoxy groups -OCH3 is 3. The molecule has 10 nitrogen and oxygen atoms in total. The number of anilines is 3. The van der Waals surface area contributed by atoms with Crippen LogP contribution in [-0.2, 0) is 11.3 Å². The van der Waals surface area contributed by atoms with E-state index in [0.29, 0.717) is 59.4 Å². The summed E-state index contributed by atoms with van der Waals surface area (Å²) in [6, 6.07) is 23.2. The number of piperidine rings is 1. The number of rotatable bonds is 7. The lowest BCUT2D eigenvalue weighted by molar-refractivity contribution is -0.111. The maximum absolute atomic E-state index is 13.5. The number of carbonyl (C=O) groups excluding carboxylic acids is 2. The van der Waals surface area contributed by atoms with Crippen LogP contribution in [0.4, 0.5) is 17.1 Å². The number of nitrogens with one attached hydrogen (secondary N) is 2. The Labute approximate surface area is 266 Å². The van der Waals surface area contributed by atoms with E-state index >= 15 is 0 Å². The largest absolute Gasteiger partial charge is 0.493 e. The molecule has 2 aliphatic rings. The van der Waals surface area contributed by atoms with Gasteiger partial charge in [-0.05, 0) is 48.7 Å². The van der Waals surface area contributed by atoms with Crippen LogP contribution in [0.3, 0.4) is 0 Å². The van der Waals surface area contributed by atoms with Gasteiger partial charge >= 0.3 is 5.91 Å². The number of aromatic nitrogens is 1. The maximum Gasteiger partial charge on any atom is 0.300 e. The van der Waals surface area contributed by atoms with E-state index < -0.39 is 11.8 Å². The lowest BCUT2D eigenvalue weighted by Crippen LogP contribution is -2.47. The minimum Gasteiger partial charge on any atom is -0.493 e. The van der Waals surface area contributed by atoms with Gasteiger partial charge in [0, 0.05) is 72.2 Å². The average molecular weight is 619 g/mol. The highest BCUT2D eigenvalue weighted by Gasteiger charge is 2.35. The Bertz CT molecular complexity index is 1880. The van der Waals surface area contributed by atoms with Crippen molar-refractivity contribution in [2.45, 2.75) is 18.9 Å². The summed E-state index contributed by atoms with van der Waals surface area (Å²) in [5.41, 5.74) is 3.78. The Hall–Kier alpha value is -5.69. The van der Waals surface area contributed by atoms with E-state index in [1.165, 1.54) is 21.3 Å². The van der Waals surface area contributed by atoms with Gasteiger partial charge in [-0.15, -0.1) is 0 Å². The molecule has 2 bridgehead atoms. The molecule has 2 N–H and O–H groups in total. The molecule has 3 aromatic carbocycles. The van der Waals surface area contributed by atoms with Crippen molar-refractivity contribution >= 4 is 28.9 Å². The first-order chi connectivity index (χ1) is 22.4. The molecule has 6 rings (SSSR count). The summed E-state index contributed by atoms with van der Waals surface area (Å²) in [7, 11) is 4.51. The third-order valence-corrected chi connectivity index (χ3v) is 8.34. The molecule has 234 valence electrons. The second-order valence-corrected chi connectivity index (χ2v) is 11.3. The second-order valence-electron chi connectivity index (χ2n) is 11.3. The molecule has 2 atom stereocenters. The maximum atomic E-state index is 13.5. The molecule has 1 aromatic heterocycles. The van der Waals surface area contributed by atoms with Crippen molar-refractivity contribution in [3.8, 4) is 29.1 Å². The molecule has 1 fully saturated rings. The fraction of sp³-hybridized carbons (Fsp3) is 0.250. The third-order valence-electron chi connectivity index (χ3n) is 8.34. The van der Waals surface area contributed by atoms with E-state index in [9.17, 15) is 14.4 Å². The zero-order chi connectivity index (χ0) is 32.2. The summed E-state index contributed by atoms with van der Waals surface area (Å²) in [6.45, 7) is 2.00. The van der Waals surface area contributed by atoms with Crippen molar-refractivity contribution in [2.24, 2.45) is 5.92 Å². The SMILES string of the molecule is COc1cc(NC(=O)c2ccc(N3CC4CC(C3)c3cccc(=O)n3C4)c(NC(=O)C#Cc3ccccc3)c2)cc(OC)c1OC. The minimum atomic E-state index is -0.499. The Morgan fingerprint density at radius 2 is 1.59 bits per heavy atom. The van der Waals surface area contributed by atoms with Crippen LogP contribution in [0.5, 0.6) is 17.2 Å². The van der Waals surface area contributed by atoms with Crippen LogP contribution < -0.4 is 35.3 Å². The highest BCUT2D eigenvalue weighted by atomic mass is 16.5. The van der Waals surface area contributed by atoms with Crippen LogP contribution in [0.2, 0.25) is 0 Å². The second kappa shape index (κ2) is 13.1. The quantitative estimate of drug-likeness (QED) is 0.288. The summed E-state index contributed by atoms with van der Waals surface area (Å²) in [5, 5.41) is 5.83. The number of nitrogens with zero attached hydrogens (tertiary/aromatic N) is 2. The zero-order valence-corrected chi connectivity index (χ0v) is 25.8. The summed E-state index contributed by atoms with van der Waals surface area (Å²) < 4.78 is 18.1. The van der Waals surface area contributed by atoms with E-state index in [-0.39, 0.29) is 17.4 Å². The van der Waals surface area contributed by atoms with Crippen LogP contribution in [0.15, 0.2) is 83.7 Å². The summed E-state index contributed by atoms with van der Waals surface area (Å²) >= 11 is 0. The fourth-order valence-corrected chi connectivity index (χ4v) is 6.31. The van der Waals surface area contributed by atoms with E-state index in [1.54, 1.807) is 30.3 Å². The standard InChI is InChI=1S/C36H34N4O6/c1-44-31-18-27(19-32(45-2)35(31)46-3)37-36(43)25-13-14-30(28(17-25)38-33(41)15-12-23-8-5-4-6-9-23)39-20-24-16-26(22-39)29-10-7-11-34(42)40(29)21-24/h4-11,13-14,17-19,24,26H,16,20-22H2,1-3H3,(H,37,43)(H,38,41). The number of hydrogen-bond acceptors (Lipinski definition) is 7. The molecule has 2 amide bonds. The van der Waals surface area contributed by atoms with E-state index in [1.807, 2.05) is 53.1 Å². The number of benzene rings is 3. The van der Waals surface area contributed by atoms with Crippen LogP contribution in [0.1, 0.15) is 34.0 Å². The first-order valence-corrected chi connectivity index (χ1v) is 14.9. The normalized spacial score (nSPS) is 16.3. The van der Waals surface area contributed by atoms with E-state index in [0.717, 1.165) is 17.8 Å². The monoisotopic (exact) mass is 618 g/mol. The van der Waals surface area contributed by atoms with Crippen LogP contribution >= 0.6 is 0 Å². The number of hydrogen-bond donors (Lipinski definition) is 2. The Balaban J connectivity index is 1.31. The molecule has 0 radical (unpaired) electrons. The molecule has 0 aliphatic carbocycles. The molecule has 2 aliphatic heterocycles. The minimum absolute atomic E-state index is 0.0214. The van der Waals surface area contributed by atoms with Crippen LogP contribution in [0.25, 0.3) is 0 Å². The van der Waals surface area contributed by atoms with Crippen molar-refractivity contribution < 1.29 is 23.8 Å². The highest BCUT2D eigenvalue weighted by Crippen LogP contribution is 2.41. The first kappa shape index (κ1) is 30.3. The van der Waals surface area contributed by atoms with Crippen molar-refractivity contribution in [3.05, 3.63) is 106 Å². The molecule has 10 heteroatoms. The van der Waals surface area contributed by atoms with Gasteiger partial charge in [-0.1, -0.05) is 30.2 Å². The topological polar surface area (TPSA) is 111 Å². The number of fused-ring (bicyclic) bond motifs is 4. The van der Waals surface area contributed by atoms with E-state index in [2.05, 4.69) is 27.4 Å². The van der Waals surface area contributed by atoms with Crippen molar-refractivity contribution in [2.75, 3.05) is 50.0 Å². The molecule has 0 spiro atoms. The molecule has 3 heterocycles. The lowest BCUT2D eigenvalue weighted by Gasteiger charge is -2.44. The van der Waals surface area contributed by atoms with Gasteiger partial charge in [-0.2, -0.15) is 0 Å². The van der Waals surface area contributed by atoms with Gasteiger partial charge < -0.3 is 34.3 Å². The zero-order valence-electron chi connectivity index (χ0n) is 25.8. The molecular formula is C36H34N4O6. The smallest absolute Gasteiger partial charge is 0.300 e. The fourth-order valence-electron chi connectivity index (χ4n) is 6.31. The number of ether oxygens (including phenoxy) is 3. The lowest BCUT2D eigenvalue weighted by atomic mass is 9.83. The summed E-state index contributed by atoms with van der Waals surface area (Å²) in [4.78, 5) is 41.4. The van der Waals surface area contributed by atoms with Crippen LogP contribution in [-0.4, -0.2) is 50.8 Å². The molecular weight excluding hydrogens is 584 g/mol. The van der Waals surface area contributed by atoms with Crippen molar-refractivity contribution in [1.82, 2.24) is 4.57 Å². The third kappa shape index (κ3) is 6.26. The van der Waals surface area contributed by atoms with Gasteiger partial charge in [0.1, 0.15) is 0 Å². The Kier molecular flexibility index (Phi) is 8.65. The Morgan fingerprint density at radius 3 is 2.30 bits per heavy atom. The predicted molar refractivity (Wildman–Crippen MR) is 176 cm³/mol. The van der Waals surface area contributed by atoms with Crippen molar-refractivity contribution in [1.29, 1.82) is 0 Å². The highest BCUT2D eigenvalue weighted by molar-refractivity contribution is 6.09. The molecule has 0 saturated carbocycles. The van der Waals surface area contributed by atoms with Crippen molar-refractivity contribution in [3.63, 3.8) is 0 Å². The van der Waals surface area contributed by atoms with Gasteiger partial charge in [0.2, 0.25) is 5.75 Å². The van der Waals surface area contributed by atoms with Gasteiger partial charge in [0.25, 0.3) is 11.5 Å². The first-order valence-electron chi connectivity index (χ1n) is 14.9. The summed E-state index contributed by atoms with van der Waals surface area (Å²) in [5.74, 6) is 6.29.